The van der Waals surface area contributed by atoms with E-state index in [-0.39, 0.29) is 5.56 Å². The molecule has 1 aliphatic rings. The fourth-order valence-electron chi connectivity index (χ4n) is 2.54. The Balaban J connectivity index is 1.68. The number of piperazine rings is 1. The van der Waals surface area contributed by atoms with Gasteiger partial charge in [-0.15, -0.1) is 5.10 Å². The molecular formula is C14H15N5O2S. The highest BCUT2D eigenvalue weighted by Crippen LogP contribution is 2.24. The van der Waals surface area contributed by atoms with Crippen LogP contribution in [0.4, 0.5) is 0 Å². The van der Waals surface area contributed by atoms with Gasteiger partial charge in [0.15, 0.2) is 10.8 Å². The van der Waals surface area contributed by atoms with Crippen LogP contribution >= 0.6 is 11.3 Å². The van der Waals surface area contributed by atoms with E-state index in [1.54, 1.807) is 18.4 Å². The summed E-state index contributed by atoms with van der Waals surface area (Å²) in [5.41, 5.74) is 0.644. The highest BCUT2D eigenvalue weighted by Gasteiger charge is 2.15. The van der Waals surface area contributed by atoms with Crippen molar-refractivity contribution < 1.29 is 4.42 Å². The Hall–Kier alpha value is -2.03. The van der Waals surface area contributed by atoms with Gasteiger partial charge in [0.2, 0.25) is 4.96 Å². The molecule has 1 saturated heterocycles. The Morgan fingerprint density at radius 2 is 2.23 bits per heavy atom. The molecule has 0 amide bonds. The zero-order valence-electron chi connectivity index (χ0n) is 11.9. The van der Waals surface area contributed by atoms with Crippen molar-refractivity contribution >= 4 is 16.3 Å². The average Bonchev–Trinajstić information content (AvgIpc) is 3.17. The van der Waals surface area contributed by atoms with Crippen molar-refractivity contribution in [2.75, 3.05) is 26.2 Å². The number of aromatic nitrogens is 3. The van der Waals surface area contributed by atoms with Gasteiger partial charge < -0.3 is 9.73 Å². The molecule has 1 fully saturated rings. The maximum atomic E-state index is 12.2. The second-order valence-electron chi connectivity index (χ2n) is 5.19. The van der Waals surface area contributed by atoms with Gasteiger partial charge in [-0.25, -0.2) is 4.98 Å². The minimum absolute atomic E-state index is 0.149. The fourth-order valence-corrected chi connectivity index (χ4v) is 3.43. The van der Waals surface area contributed by atoms with Crippen LogP contribution in [0.25, 0.3) is 15.7 Å². The lowest BCUT2D eigenvalue weighted by Crippen LogP contribution is -2.43. The number of nitrogens with zero attached hydrogens (tertiary/aromatic N) is 4. The predicted octanol–water partition coefficient (Wildman–Crippen LogP) is 0.816. The van der Waals surface area contributed by atoms with Crippen LogP contribution in [-0.4, -0.2) is 45.7 Å². The van der Waals surface area contributed by atoms with Gasteiger partial charge in [0.1, 0.15) is 0 Å². The Morgan fingerprint density at radius 1 is 1.36 bits per heavy atom. The van der Waals surface area contributed by atoms with Crippen LogP contribution in [0.5, 0.6) is 0 Å². The Bertz CT molecular complexity index is 833. The number of nitrogens with one attached hydrogen (secondary N) is 1. The lowest BCUT2D eigenvalue weighted by Gasteiger charge is -2.26. The third-order valence-corrected chi connectivity index (χ3v) is 4.55. The van der Waals surface area contributed by atoms with E-state index in [4.69, 9.17) is 4.42 Å². The van der Waals surface area contributed by atoms with Gasteiger partial charge in [0.25, 0.3) is 5.56 Å². The lowest BCUT2D eigenvalue weighted by molar-refractivity contribution is 0.231. The molecule has 0 spiro atoms. The summed E-state index contributed by atoms with van der Waals surface area (Å²) in [6.45, 7) is 4.60. The van der Waals surface area contributed by atoms with Gasteiger partial charge in [-0.1, -0.05) is 11.3 Å². The van der Waals surface area contributed by atoms with E-state index >= 15 is 0 Å². The van der Waals surface area contributed by atoms with Gasteiger partial charge in [0.05, 0.1) is 12.0 Å². The van der Waals surface area contributed by atoms with Gasteiger partial charge in [0, 0.05) is 38.8 Å². The third kappa shape index (κ3) is 2.56. The minimum atomic E-state index is -0.149. The maximum Gasteiger partial charge on any atom is 0.275 e. The summed E-state index contributed by atoms with van der Waals surface area (Å²) in [7, 11) is 0. The molecule has 7 nitrogen and oxygen atoms in total. The molecule has 1 N–H and O–H groups in total. The van der Waals surface area contributed by atoms with Crippen LogP contribution in [0.2, 0.25) is 0 Å². The van der Waals surface area contributed by atoms with Crippen molar-refractivity contribution in [1.82, 2.24) is 24.8 Å². The molecule has 1 aliphatic heterocycles. The zero-order chi connectivity index (χ0) is 14.9. The summed E-state index contributed by atoms with van der Waals surface area (Å²) in [5, 5.41) is 8.26. The van der Waals surface area contributed by atoms with Gasteiger partial charge in [-0.2, -0.15) is 4.52 Å². The topological polar surface area (TPSA) is 75.7 Å². The van der Waals surface area contributed by atoms with Crippen LogP contribution in [-0.2, 0) is 6.54 Å². The van der Waals surface area contributed by atoms with E-state index < -0.39 is 0 Å². The first-order valence-electron chi connectivity index (χ1n) is 7.16. The van der Waals surface area contributed by atoms with E-state index in [2.05, 4.69) is 20.3 Å². The van der Waals surface area contributed by atoms with Crippen LogP contribution in [0.1, 0.15) is 5.69 Å². The molecule has 4 heterocycles. The highest BCUT2D eigenvalue weighted by atomic mass is 32.1. The first-order valence-corrected chi connectivity index (χ1v) is 7.98. The third-order valence-electron chi connectivity index (χ3n) is 3.63. The van der Waals surface area contributed by atoms with Crippen molar-refractivity contribution in [3.8, 4) is 10.8 Å². The van der Waals surface area contributed by atoms with Crippen LogP contribution in [0.15, 0.2) is 33.7 Å². The van der Waals surface area contributed by atoms with E-state index in [0.29, 0.717) is 22.3 Å². The standard InChI is InChI=1S/C14H15N5O2S/c20-12-8-10(9-18-5-3-15-4-6-18)16-14-19(12)17-13(22-14)11-2-1-7-21-11/h1-2,7-8,15H,3-6,9H2. The Morgan fingerprint density at radius 3 is 3.00 bits per heavy atom. The van der Waals surface area contributed by atoms with Crippen LogP contribution in [0, 0.1) is 0 Å². The molecule has 0 radical (unpaired) electrons. The van der Waals surface area contributed by atoms with E-state index in [1.165, 1.54) is 15.9 Å². The molecule has 8 heteroatoms. The lowest BCUT2D eigenvalue weighted by atomic mass is 10.3. The predicted molar refractivity (Wildman–Crippen MR) is 83.0 cm³/mol. The Kier molecular flexibility index (Phi) is 3.49. The minimum Gasteiger partial charge on any atom is -0.462 e. The smallest absolute Gasteiger partial charge is 0.275 e. The summed E-state index contributed by atoms with van der Waals surface area (Å²) < 4.78 is 6.67. The average molecular weight is 317 g/mol. The monoisotopic (exact) mass is 317 g/mol. The molecular weight excluding hydrogens is 302 g/mol. The van der Waals surface area contributed by atoms with E-state index in [1.807, 2.05) is 6.07 Å². The summed E-state index contributed by atoms with van der Waals surface area (Å²) in [6.07, 6.45) is 1.59. The van der Waals surface area contributed by atoms with Crippen molar-refractivity contribution in [2.45, 2.75) is 6.54 Å². The van der Waals surface area contributed by atoms with Gasteiger partial charge in [-0.05, 0) is 12.1 Å². The van der Waals surface area contributed by atoms with Crippen molar-refractivity contribution in [1.29, 1.82) is 0 Å². The van der Waals surface area contributed by atoms with Gasteiger partial charge in [-0.3, -0.25) is 9.69 Å². The first-order chi connectivity index (χ1) is 10.8. The summed E-state index contributed by atoms with van der Waals surface area (Å²) in [4.78, 5) is 19.7. The molecule has 3 aromatic rings. The highest BCUT2D eigenvalue weighted by molar-refractivity contribution is 7.19. The number of hydrogen-bond acceptors (Lipinski definition) is 7. The summed E-state index contributed by atoms with van der Waals surface area (Å²) >= 11 is 1.36. The second-order valence-corrected chi connectivity index (χ2v) is 6.15. The normalized spacial score (nSPS) is 16.4. The first kappa shape index (κ1) is 13.6. The second kappa shape index (κ2) is 5.64. The molecule has 3 aromatic heterocycles. The largest absolute Gasteiger partial charge is 0.462 e. The Labute approximate surface area is 130 Å². The van der Waals surface area contributed by atoms with E-state index in [9.17, 15) is 4.79 Å². The van der Waals surface area contributed by atoms with E-state index in [0.717, 1.165) is 31.9 Å². The van der Waals surface area contributed by atoms with Crippen LogP contribution in [0.3, 0.4) is 0 Å². The molecule has 114 valence electrons. The number of furan rings is 1. The van der Waals surface area contributed by atoms with Crippen molar-refractivity contribution in [3.05, 3.63) is 40.5 Å². The van der Waals surface area contributed by atoms with Crippen molar-refractivity contribution in [3.63, 3.8) is 0 Å². The summed E-state index contributed by atoms with van der Waals surface area (Å²) in [5.74, 6) is 0.651. The number of rotatable bonds is 3. The van der Waals surface area contributed by atoms with Gasteiger partial charge >= 0.3 is 0 Å². The van der Waals surface area contributed by atoms with Crippen LogP contribution < -0.4 is 10.9 Å². The van der Waals surface area contributed by atoms with Crippen molar-refractivity contribution in [2.24, 2.45) is 0 Å². The molecule has 0 saturated carbocycles. The molecule has 0 atom stereocenters. The number of fused-ring (bicyclic) bond motifs is 1. The maximum absolute atomic E-state index is 12.2. The molecule has 0 unspecified atom stereocenters. The quantitative estimate of drug-likeness (QED) is 0.771. The molecule has 0 aliphatic carbocycles. The number of hydrogen-bond donors (Lipinski definition) is 1. The fraction of sp³-hybridized carbons (Fsp3) is 0.357. The molecule has 0 bridgehead atoms. The molecule has 22 heavy (non-hydrogen) atoms. The SMILES string of the molecule is O=c1cc(CN2CCNCC2)nc2sc(-c3ccco3)nn12. The molecule has 0 aromatic carbocycles. The molecule has 4 rings (SSSR count). The summed E-state index contributed by atoms with van der Waals surface area (Å²) in [6, 6.07) is 5.19. The zero-order valence-corrected chi connectivity index (χ0v) is 12.7.